The summed E-state index contributed by atoms with van der Waals surface area (Å²) in [4.78, 5) is 21.3. The molecular formula is C30H44O10. The van der Waals surface area contributed by atoms with E-state index in [2.05, 4.69) is 13.8 Å². The number of hydrogen-bond acceptors (Lipinski definition) is 10. The molecule has 1 spiro atoms. The second kappa shape index (κ2) is 10.9. The third-order valence-corrected chi connectivity index (χ3v) is 11.6. The van der Waals surface area contributed by atoms with E-state index in [-0.39, 0.29) is 29.0 Å². The number of fused-ring (bicyclic) bond motifs is 3. The largest absolute Gasteiger partial charge is 0.431 e. The van der Waals surface area contributed by atoms with Gasteiger partial charge in [-0.25, -0.2) is 4.79 Å². The second-order valence-corrected chi connectivity index (χ2v) is 13.3. The molecule has 5 fully saturated rings. The number of aliphatic hydroxyl groups is 6. The van der Waals surface area contributed by atoms with Crippen LogP contribution in [0.1, 0.15) is 76.7 Å². The van der Waals surface area contributed by atoms with E-state index in [1.54, 1.807) is 12.3 Å². The molecule has 10 nitrogen and oxygen atoms in total. The molecule has 2 heterocycles. The van der Waals surface area contributed by atoms with E-state index in [9.17, 15) is 14.7 Å². The van der Waals surface area contributed by atoms with Gasteiger partial charge in [0, 0.05) is 11.5 Å². The SMILES string of the molecule is C[C@]12CC[C@H](O)C[C@H]1CC[C@@H]1[C@@H]2CC[C@]2(C)[C@@H](c3ccc(=O)oc3)C[C@H]3O[C@]132.O=C[C@@H](O)[C@@H](O)[C@H](O)[C@H](O)CO. The molecule has 224 valence electrons. The number of aldehydes is 1. The fourth-order valence-electron chi connectivity index (χ4n) is 9.36. The number of carbonyl (C=O) groups excluding carboxylic acids is 1. The van der Waals surface area contributed by atoms with Crippen molar-refractivity contribution in [2.24, 2.45) is 28.6 Å². The molecule has 13 atom stereocenters. The molecule has 6 N–H and O–H groups in total. The lowest BCUT2D eigenvalue weighted by Crippen LogP contribution is -2.58. The molecule has 1 saturated heterocycles. The van der Waals surface area contributed by atoms with E-state index in [0.29, 0.717) is 29.3 Å². The molecule has 0 radical (unpaired) electrons. The molecule has 0 aromatic carbocycles. The third kappa shape index (κ3) is 4.60. The van der Waals surface area contributed by atoms with Crippen LogP contribution in [-0.4, -0.2) is 85.8 Å². The van der Waals surface area contributed by atoms with Crippen LogP contribution in [0.25, 0.3) is 0 Å². The molecule has 4 saturated carbocycles. The zero-order valence-electron chi connectivity index (χ0n) is 23.3. The monoisotopic (exact) mass is 564 g/mol. The molecular weight excluding hydrogens is 520 g/mol. The summed E-state index contributed by atoms with van der Waals surface area (Å²) < 4.78 is 11.8. The minimum absolute atomic E-state index is 0.0258. The summed E-state index contributed by atoms with van der Waals surface area (Å²) >= 11 is 0. The first-order valence-electron chi connectivity index (χ1n) is 14.7. The summed E-state index contributed by atoms with van der Waals surface area (Å²) in [5, 5.41) is 53.8. The van der Waals surface area contributed by atoms with E-state index in [1.165, 1.54) is 37.7 Å². The Hall–Kier alpha value is -1.66. The highest BCUT2D eigenvalue weighted by molar-refractivity contribution is 5.56. The molecule has 6 rings (SSSR count). The molecule has 5 aliphatic rings. The van der Waals surface area contributed by atoms with E-state index in [0.717, 1.165) is 25.2 Å². The highest BCUT2D eigenvalue weighted by Gasteiger charge is 2.80. The van der Waals surface area contributed by atoms with Crippen LogP contribution < -0.4 is 5.63 Å². The van der Waals surface area contributed by atoms with Gasteiger partial charge >= 0.3 is 5.63 Å². The third-order valence-electron chi connectivity index (χ3n) is 11.6. The molecule has 10 heteroatoms. The van der Waals surface area contributed by atoms with E-state index in [4.69, 9.17) is 34.7 Å². The average Bonchev–Trinajstić information content (AvgIpc) is 3.62. The molecule has 1 aliphatic heterocycles. The van der Waals surface area contributed by atoms with Crippen molar-refractivity contribution in [2.75, 3.05) is 6.61 Å². The van der Waals surface area contributed by atoms with Gasteiger partial charge in [-0.3, -0.25) is 0 Å². The Bertz CT molecular complexity index is 1100. The number of hydrogen-bond donors (Lipinski definition) is 6. The van der Waals surface area contributed by atoms with Gasteiger partial charge in [-0.2, -0.15) is 0 Å². The van der Waals surface area contributed by atoms with Crippen molar-refractivity contribution >= 4 is 6.29 Å². The molecule has 1 aromatic rings. The Labute approximate surface area is 234 Å². The lowest BCUT2D eigenvalue weighted by Gasteiger charge is -2.61. The van der Waals surface area contributed by atoms with Crippen LogP contribution in [0.2, 0.25) is 0 Å². The van der Waals surface area contributed by atoms with Crippen molar-refractivity contribution < 1.29 is 44.6 Å². The summed E-state index contributed by atoms with van der Waals surface area (Å²) in [6.45, 7) is 4.21. The number of aliphatic hydroxyl groups excluding tert-OH is 6. The zero-order valence-corrected chi connectivity index (χ0v) is 23.3. The highest BCUT2D eigenvalue weighted by atomic mass is 16.6. The molecule has 0 amide bonds. The first-order chi connectivity index (χ1) is 18.9. The Kier molecular flexibility index (Phi) is 8.11. The average molecular weight is 565 g/mol. The number of ether oxygens (including phenoxy) is 1. The standard InChI is InChI=1S/C24H32O4.C6H12O6/c1-22-9-7-16(25)11-15(22)4-5-18-17(22)8-10-23(2)19(12-20-24(18,23)28-20)14-3-6-21(26)27-13-14;7-1-3(9)5(11)6(12)4(10)2-8/h3,6,13,15-20,25H,4-5,7-12H2,1-2H3;1,3-6,8-12H,2H2/t15-,16+,17+,18-,19-,20-,22+,23-,24-;3-,4-,5-,6-/m11/s1. The van der Waals surface area contributed by atoms with E-state index in [1.807, 2.05) is 6.07 Å². The minimum atomic E-state index is -1.79. The van der Waals surface area contributed by atoms with Gasteiger partial charge in [0.25, 0.3) is 0 Å². The zero-order chi connectivity index (χ0) is 29.0. The van der Waals surface area contributed by atoms with Gasteiger partial charge in [-0.15, -0.1) is 0 Å². The van der Waals surface area contributed by atoms with Crippen molar-refractivity contribution in [1.82, 2.24) is 0 Å². The fraction of sp³-hybridized carbons (Fsp3) is 0.800. The van der Waals surface area contributed by atoms with E-state index < -0.39 is 31.0 Å². The van der Waals surface area contributed by atoms with Crippen LogP contribution in [0, 0.1) is 28.6 Å². The maximum atomic E-state index is 11.4. The van der Waals surface area contributed by atoms with Gasteiger partial charge < -0.3 is 44.6 Å². The van der Waals surface area contributed by atoms with Gasteiger partial charge in [0.05, 0.1) is 25.1 Å². The predicted molar refractivity (Wildman–Crippen MR) is 142 cm³/mol. The van der Waals surface area contributed by atoms with Crippen molar-refractivity contribution in [1.29, 1.82) is 0 Å². The van der Waals surface area contributed by atoms with Crippen LogP contribution in [-0.2, 0) is 9.53 Å². The predicted octanol–water partition coefficient (Wildman–Crippen LogP) is 0.879. The number of carbonyl (C=O) groups is 1. The Morgan fingerprint density at radius 1 is 1.00 bits per heavy atom. The summed E-state index contributed by atoms with van der Waals surface area (Å²) in [5.41, 5.74) is 1.44. The molecule has 4 aliphatic carbocycles. The smallest absolute Gasteiger partial charge is 0.335 e. The Morgan fingerprint density at radius 3 is 2.40 bits per heavy atom. The van der Waals surface area contributed by atoms with Crippen LogP contribution in [0.5, 0.6) is 0 Å². The van der Waals surface area contributed by atoms with Crippen molar-refractivity contribution in [2.45, 2.75) is 113 Å². The first kappa shape index (κ1) is 29.8. The lowest BCUT2D eigenvalue weighted by atomic mass is 9.44. The summed E-state index contributed by atoms with van der Waals surface area (Å²) in [7, 11) is 0. The first-order valence-corrected chi connectivity index (χ1v) is 14.7. The fourth-order valence-corrected chi connectivity index (χ4v) is 9.36. The van der Waals surface area contributed by atoms with Crippen molar-refractivity contribution in [3.8, 4) is 0 Å². The van der Waals surface area contributed by atoms with Gasteiger partial charge in [0.2, 0.25) is 0 Å². The second-order valence-electron chi connectivity index (χ2n) is 13.3. The molecule has 0 unspecified atom stereocenters. The topological polar surface area (TPSA) is 181 Å². The van der Waals surface area contributed by atoms with Crippen LogP contribution >= 0.6 is 0 Å². The Morgan fingerprint density at radius 2 is 1.75 bits per heavy atom. The highest BCUT2D eigenvalue weighted by Crippen LogP contribution is 2.77. The molecule has 0 bridgehead atoms. The Balaban J connectivity index is 0.000000230. The summed E-state index contributed by atoms with van der Waals surface area (Å²) in [5.74, 6) is 2.48. The van der Waals surface area contributed by atoms with Crippen LogP contribution in [0.15, 0.2) is 27.6 Å². The minimum Gasteiger partial charge on any atom is -0.431 e. The van der Waals surface area contributed by atoms with Crippen LogP contribution in [0.4, 0.5) is 0 Å². The normalized spacial score (nSPS) is 44.3. The van der Waals surface area contributed by atoms with Crippen molar-refractivity contribution in [3.63, 3.8) is 0 Å². The quantitative estimate of drug-likeness (QED) is 0.214. The van der Waals surface area contributed by atoms with E-state index >= 15 is 0 Å². The van der Waals surface area contributed by atoms with Gasteiger partial charge in [-0.05, 0) is 92.1 Å². The molecule has 40 heavy (non-hydrogen) atoms. The van der Waals surface area contributed by atoms with Gasteiger partial charge in [-0.1, -0.05) is 13.8 Å². The van der Waals surface area contributed by atoms with Crippen molar-refractivity contribution in [3.05, 3.63) is 34.4 Å². The maximum Gasteiger partial charge on any atom is 0.335 e. The molecule has 1 aromatic heterocycles. The summed E-state index contributed by atoms with van der Waals surface area (Å²) in [6.07, 6.45) is 4.31. The van der Waals surface area contributed by atoms with Gasteiger partial charge in [0.1, 0.15) is 30.0 Å². The number of epoxide rings is 1. The van der Waals surface area contributed by atoms with Gasteiger partial charge in [0.15, 0.2) is 6.29 Å². The summed E-state index contributed by atoms with van der Waals surface area (Å²) in [6, 6.07) is 3.55. The number of rotatable bonds is 6. The lowest BCUT2D eigenvalue weighted by molar-refractivity contribution is -0.139. The maximum absolute atomic E-state index is 11.4. The van der Waals surface area contributed by atoms with Crippen LogP contribution in [0.3, 0.4) is 0 Å².